The molecule has 1 aromatic heterocycles. The highest BCUT2D eigenvalue weighted by molar-refractivity contribution is 14.1. The molecule has 1 heterocycles. The first-order valence-electron chi connectivity index (χ1n) is 6.19. The molecule has 0 bridgehead atoms. The van der Waals surface area contributed by atoms with Crippen molar-refractivity contribution in [2.75, 3.05) is 13.1 Å². The molecule has 6 heteroatoms. The van der Waals surface area contributed by atoms with Gasteiger partial charge >= 0.3 is 0 Å². The summed E-state index contributed by atoms with van der Waals surface area (Å²) in [7, 11) is 0. The van der Waals surface area contributed by atoms with Gasteiger partial charge in [-0.25, -0.2) is 0 Å². The largest absolute Gasteiger partial charge is 0.316 e. The van der Waals surface area contributed by atoms with E-state index in [1.807, 2.05) is 18.2 Å². The van der Waals surface area contributed by atoms with Crippen LogP contribution in [0.4, 0.5) is 0 Å². The fraction of sp³-hybridized carbons (Fsp3) is 0.385. The van der Waals surface area contributed by atoms with Crippen molar-refractivity contribution < 1.29 is 0 Å². The summed E-state index contributed by atoms with van der Waals surface area (Å²) in [5.74, 6) is 0. The highest BCUT2D eigenvalue weighted by Crippen LogP contribution is 2.30. The zero-order chi connectivity index (χ0) is 13.7. The Morgan fingerprint density at radius 3 is 2.95 bits per heavy atom. The first-order valence-corrected chi connectivity index (χ1v) is 8.46. The average molecular weight is 408 g/mol. The normalized spacial score (nSPS) is 10.9. The van der Waals surface area contributed by atoms with E-state index in [4.69, 9.17) is 11.6 Å². The summed E-state index contributed by atoms with van der Waals surface area (Å²) in [5.41, 5.74) is 1.07. The van der Waals surface area contributed by atoms with Gasteiger partial charge in [-0.05, 0) is 53.8 Å². The predicted molar refractivity (Wildman–Crippen MR) is 89.9 cm³/mol. The third-order valence-electron chi connectivity index (χ3n) is 2.57. The van der Waals surface area contributed by atoms with Gasteiger partial charge in [-0.3, -0.25) is 0 Å². The van der Waals surface area contributed by atoms with Crippen molar-refractivity contribution >= 4 is 45.5 Å². The van der Waals surface area contributed by atoms with Crippen molar-refractivity contribution in [3.63, 3.8) is 0 Å². The second kappa shape index (κ2) is 7.52. The molecule has 0 atom stereocenters. The fourth-order valence-electron chi connectivity index (χ4n) is 1.62. The van der Waals surface area contributed by atoms with E-state index in [9.17, 15) is 0 Å². The van der Waals surface area contributed by atoms with Gasteiger partial charge in [-0.1, -0.05) is 29.9 Å². The molecule has 1 aromatic carbocycles. The van der Waals surface area contributed by atoms with Gasteiger partial charge in [0.15, 0.2) is 0 Å². The first-order chi connectivity index (χ1) is 9.20. The predicted octanol–water partition coefficient (Wildman–Crippen LogP) is 4.01. The van der Waals surface area contributed by atoms with Crippen LogP contribution in [0.1, 0.15) is 18.4 Å². The Morgan fingerprint density at radius 1 is 1.32 bits per heavy atom. The lowest BCUT2D eigenvalue weighted by Gasteiger charge is -2.00. The van der Waals surface area contributed by atoms with E-state index in [-0.39, 0.29) is 0 Å². The van der Waals surface area contributed by atoms with E-state index in [2.05, 4.69) is 45.0 Å². The van der Waals surface area contributed by atoms with Gasteiger partial charge in [-0.15, -0.1) is 10.2 Å². The maximum Gasteiger partial charge on any atom is 0.148 e. The number of aromatic nitrogens is 2. The quantitative estimate of drug-likeness (QED) is 0.581. The average Bonchev–Trinajstić information content (AvgIpc) is 2.86. The molecule has 0 spiro atoms. The Labute approximate surface area is 135 Å². The number of rotatable bonds is 6. The summed E-state index contributed by atoms with van der Waals surface area (Å²) in [6, 6.07) is 5.84. The number of benzene rings is 1. The van der Waals surface area contributed by atoms with Crippen LogP contribution in [0, 0.1) is 3.57 Å². The third-order valence-corrected chi connectivity index (χ3v) is 4.76. The summed E-state index contributed by atoms with van der Waals surface area (Å²) in [6.07, 6.45) is 2.08. The molecule has 0 saturated heterocycles. The molecule has 0 fully saturated rings. The Hall–Kier alpha value is -0.240. The van der Waals surface area contributed by atoms with Gasteiger partial charge in [-0.2, -0.15) is 0 Å². The second-order valence-electron chi connectivity index (χ2n) is 4.13. The molecule has 0 amide bonds. The van der Waals surface area contributed by atoms with E-state index >= 15 is 0 Å². The minimum absolute atomic E-state index is 0.733. The summed E-state index contributed by atoms with van der Waals surface area (Å²) < 4.78 is 1.15. The van der Waals surface area contributed by atoms with Crippen molar-refractivity contribution in [2.45, 2.75) is 19.8 Å². The summed E-state index contributed by atoms with van der Waals surface area (Å²) >= 11 is 9.97. The monoisotopic (exact) mass is 407 g/mol. The van der Waals surface area contributed by atoms with Crippen molar-refractivity contribution in [1.29, 1.82) is 0 Å². The van der Waals surface area contributed by atoms with Gasteiger partial charge in [0, 0.05) is 27.1 Å². The fourth-order valence-corrected chi connectivity index (χ4v) is 3.44. The molecule has 0 radical (unpaired) electrons. The number of nitrogens with zero attached hydrogens (tertiary/aromatic N) is 2. The number of hydrogen-bond donors (Lipinski definition) is 1. The third kappa shape index (κ3) is 4.37. The highest BCUT2D eigenvalue weighted by atomic mass is 127. The maximum atomic E-state index is 6.03. The minimum atomic E-state index is 0.733. The van der Waals surface area contributed by atoms with Gasteiger partial charge in [0.2, 0.25) is 0 Å². The lowest BCUT2D eigenvalue weighted by atomic mass is 10.2. The molecule has 1 N–H and O–H groups in total. The Kier molecular flexibility index (Phi) is 6.00. The second-order valence-corrected chi connectivity index (χ2v) is 6.79. The van der Waals surface area contributed by atoms with Crippen LogP contribution in [0.15, 0.2) is 18.2 Å². The summed E-state index contributed by atoms with van der Waals surface area (Å²) in [4.78, 5) is 0. The van der Waals surface area contributed by atoms with Crippen LogP contribution < -0.4 is 5.32 Å². The van der Waals surface area contributed by atoms with Crippen LogP contribution in [-0.2, 0) is 6.42 Å². The molecule has 0 aliphatic carbocycles. The molecule has 19 heavy (non-hydrogen) atoms. The number of hydrogen-bond acceptors (Lipinski definition) is 4. The van der Waals surface area contributed by atoms with E-state index in [0.29, 0.717) is 0 Å². The summed E-state index contributed by atoms with van der Waals surface area (Å²) in [5, 5.41) is 14.6. The molecule has 2 aromatic rings. The Balaban J connectivity index is 2.06. The first kappa shape index (κ1) is 15.2. The zero-order valence-corrected chi connectivity index (χ0v) is 14.3. The molecule has 0 saturated carbocycles. The molecule has 102 valence electrons. The molecular weight excluding hydrogens is 393 g/mol. The minimum Gasteiger partial charge on any atom is -0.316 e. The van der Waals surface area contributed by atoms with Crippen molar-refractivity contribution in [2.24, 2.45) is 0 Å². The van der Waals surface area contributed by atoms with Crippen LogP contribution in [0.3, 0.4) is 0 Å². The Bertz CT molecular complexity index is 544. The molecular formula is C13H15ClIN3S. The smallest absolute Gasteiger partial charge is 0.148 e. The van der Waals surface area contributed by atoms with Gasteiger partial charge in [0.05, 0.1) is 0 Å². The van der Waals surface area contributed by atoms with E-state index < -0.39 is 0 Å². The maximum absolute atomic E-state index is 6.03. The van der Waals surface area contributed by atoms with Crippen molar-refractivity contribution in [1.82, 2.24) is 15.5 Å². The highest BCUT2D eigenvalue weighted by Gasteiger charge is 2.10. The zero-order valence-electron chi connectivity index (χ0n) is 10.6. The standard InChI is InChI=1S/C13H15ClIN3S/c1-2-6-16-7-5-12-17-18-13(19-12)10-8-9(14)3-4-11(10)15/h3-4,8,16H,2,5-7H2,1H3. The van der Waals surface area contributed by atoms with Gasteiger partial charge in [0.1, 0.15) is 10.0 Å². The van der Waals surface area contributed by atoms with E-state index in [0.717, 1.165) is 50.1 Å². The van der Waals surface area contributed by atoms with Crippen molar-refractivity contribution in [3.8, 4) is 10.6 Å². The van der Waals surface area contributed by atoms with Crippen LogP contribution in [0.2, 0.25) is 5.02 Å². The lowest BCUT2D eigenvalue weighted by molar-refractivity contribution is 0.668. The number of nitrogens with one attached hydrogen (secondary N) is 1. The topological polar surface area (TPSA) is 37.8 Å². The van der Waals surface area contributed by atoms with E-state index in [1.165, 1.54) is 0 Å². The van der Waals surface area contributed by atoms with E-state index in [1.54, 1.807) is 11.3 Å². The number of halogens is 2. The molecule has 2 rings (SSSR count). The molecule has 3 nitrogen and oxygen atoms in total. The van der Waals surface area contributed by atoms with Crippen LogP contribution >= 0.6 is 45.5 Å². The van der Waals surface area contributed by atoms with Crippen LogP contribution in [-0.4, -0.2) is 23.3 Å². The lowest BCUT2D eigenvalue weighted by Crippen LogP contribution is -2.17. The van der Waals surface area contributed by atoms with Crippen LogP contribution in [0.5, 0.6) is 0 Å². The summed E-state index contributed by atoms with van der Waals surface area (Å²) in [6.45, 7) is 4.17. The van der Waals surface area contributed by atoms with Crippen LogP contribution in [0.25, 0.3) is 10.6 Å². The Morgan fingerprint density at radius 2 is 2.16 bits per heavy atom. The van der Waals surface area contributed by atoms with Gasteiger partial charge in [0.25, 0.3) is 0 Å². The van der Waals surface area contributed by atoms with Crippen molar-refractivity contribution in [3.05, 3.63) is 31.8 Å². The van der Waals surface area contributed by atoms with Gasteiger partial charge < -0.3 is 5.32 Å². The SMILES string of the molecule is CCCNCCc1nnc(-c2cc(Cl)ccc2I)s1. The molecule has 0 aliphatic heterocycles. The molecule has 0 aliphatic rings. The molecule has 0 unspecified atom stereocenters.